The van der Waals surface area contributed by atoms with Crippen molar-refractivity contribution in [2.45, 2.75) is 23.9 Å². The molecular formula is C19H19ClF3N7O3S. The zero-order valence-corrected chi connectivity index (χ0v) is 19.2. The Balaban J connectivity index is 1.88. The zero-order valence-electron chi connectivity index (χ0n) is 17.6. The van der Waals surface area contributed by atoms with Crippen LogP contribution in [0.1, 0.15) is 18.4 Å². The highest BCUT2D eigenvalue weighted by molar-refractivity contribution is 7.89. The van der Waals surface area contributed by atoms with E-state index in [1.807, 2.05) is 0 Å². The highest BCUT2D eigenvalue weighted by Crippen LogP contribution is 2.33. The van der Waals surface area contributed by atoms with Crippen LogP contribution in [-0.4, -0.2) is 47.0 Å². The van der Waals surface area contributed by atoms with Crippen LogP contribution >= 0.6 is 11.6 Å². The van der Waals surface area contributed by atoms with Crippen LogP contribution in [0.25, 0.3) is 5.82 Å². The lowest BCUT2D eigenvalue weighted by atomic mass is 10.3. The SMILES string of the molecule is CNS(=O)(=O)c1ccc(Nc2ncc(C(F)(F)F)c(-n3cc(NC(=O)CCCCl)cn3)n2)cc1. The van der Waals surface area contributed by atoms with Gasteiger partial charge in [-0.3, -0.25) is 4.79 Å². The van der Waals surface area contributed by atoms with Crippen LogP contribution in [0.5, 0.6) is 0 Å². The molecule has 15 heteroatoms. The van der Waals surface area contributed by atoms with E-state index in [0.29, 0.717) is 24.2 Å². The van der Waals surface area contributed by atoms with Crippen LogP contribution in [-0.2, 0) is 21.0 Å². The lowest BCUT2D eigenvalue weighted by Gasteiger charge is -2.13. The van der Waals surface area contributed by atoms with Gasteiger partial charge in [-0.1, -0.05) is 0 Å². The van der Waals surface area contributed by atoms with Crippen molar-refractivity contribution in [2.24, 2.45) is 0 Å². The van der Waals surface area contributed by atoms with Crippen molar-refractivity contribution >= 4 is 44.9 Å². The van der Waals surface area contributed by atoms with Crippen LogP contribution in [0.4, 0.5) is 30.5 Å². The van der Waals surface area contributed by atoms with Gasteiger partial charge in [0.05, 0.1) is 23.0 Å². The average Bonchev–Trinajstić information content (AvgIpc) is 3.25. The summed E-state index contributed by atoms with van der Waals surface area (Å²) >= 11 is 5.55. The summed E-state index contributed by atoms with van der Waals surface area (Å²) in [5.41, 5.74) is -0.618. The lowest BCUT2D eigenvalue weighted by molar-refractivity contribution is -0.138. The molecule has 0 spiro atoms. The Morgan fingerprint density at radius 2 is 1.85 bits per heavy atom. The van der Waals surface area contributed by atoms with E-state index in [4.69, 9.17) is 11.6 Å². The van der Waals surface area contributed by atoms with Gasteiger partial charge in [-0.2, -0.15) is 23.3 Å². The predicted molar refractivity (Wildman–Crippen MR) is 119 cm³/mol. The first kappa shape index (κ1) is 25.4. The first-order valence-corrected chi connectivity index (χ1v) is 11.7. The second-order valence-electron chi connectivity index (χ2n) is 6.80. The Labute approximate surface area is 197 Å². The number of halogens is 4. The van der Waals surface area contributed by atoms with Crippen LogP contribution in [0.15, 0.2) is 47.8 Å². The third-order valence-corrected chi connectivity index (χ3v) is 6.08. The largest absolute Gasteiger partial charge is 0.421 e. The summed E-state index contributed by atoms with van der Waals surface area (Å²) in [6, 6.07) is 5.44. The Kier molecular flexibility index (Phi) is 7.74. The summed E-state index contributed by atoms with van der Waals surface area (Å²) < 4.78 is 67.3. The van der Waals surface area contributed by atoms with Crippen molar-refractivity contribution in [2.75, 3.05) is 23.6 Å². The first-order chi connectivity index (χ1) is 16.0. The molecule has 1 aromatic carbocycles. The molecular weight excluding hydrogens is 499 g/mol. The fraction of sp³-hybridized carbons (Fsp3) is 0.263. The van der Waals surface area contributed by atoms with E-state index >= 15 is 0 Å². The standard InChI is InChI=1S/C19H19ClF3N7O3S/c1-24-34(32,33)14-6-4-12(5-7-14)28-18-25-10-15(19(21,22)23)17(29-18)30-11-13(9-26-30)27-16(31)3-2-8-20/h4-7,9-11,24H,2-3,8H2,1H3,(H,27,31)(H,25,28,29). The number of hydrogen-bond donors (Lipinski definition) is 3. The molecule has 0 saturated heterocycles. The third kappa shape index (κ3) is 6.21. The van der Waals surface area contributed by atoms with E-state index in [1.54, 1.807) is 0 Å². The van der Waals surface area contributed by atoms with E-state index in [1.165, 1.54) is 43.7 Å². The summed E-state index contributed by atoms with van der Waals surface area (Å²) in [6.07, 6.45) is -1.19. The van der Waals surface area contributed by atoms with Gasteiger partial charge in [-0.25, -0.2) is 22.8 Å². The normalized spacial score (nSPS) is 11.9. The van der Waals surface area contributed by atoms with Crippen molar-refractivity contribution in [1.82, 2.24) is 24.5 Å². The summed E-state index contributed by atoms with van der Waals surface area (Å²) in [7, 11) is -2.38. The quantitative estimate of drug-likeness (QED) is 0.371. The van der Waals surface area contributed by atoms with Gasteiger partial charge >= 0.3 is 6.18 Å². The maximum atomic E-state index is 13.6. The summed E-state index contributed by atoms with van der Waals surface area (Å²) in [5, 5.41) is 9.12. The van der Waals surface area contributed by atoms with E-state index in [2.05, 4.69) is 30.4 Å². The molecule has 3 rings (SSSR count). The van der Waals surface area contributed by atoms with Gasteiger partial charge in [-0.05, 0) is 37.7 Å². The molecule has 3 aromatic rings. The Bertz CT molecular complexity index is 1260. The minimum absolute atomic E-state index is 0.00624. The molecule has 0 aliphatic rings. The van der Waals surface area contributed by atoms with E-state index < -0.39 is 27.6 Å². The van der Waals surface area contributed by atoms with E-state index in [9.17, 15) is 26.4 Å². The Morgan fingerprint density at radius 1 is 1.15 bits per heavy atom. The number of rotatable bonds is 9. The van der Waals surface area contributed by atoms with Crippen molar-refractivity contribution in [1.29, 1.82) is 0 Å². The highest BCUT2D eigenvalue weighted by atomic mass is 35.5. The minimum atomic E-state index is -4.77. The van der Waals surface area contributed by atoms with Gasteiger partial charge in [0, 0.05) is 24.2 Å². The topological polar surface area (TPSA) is 131 Å². The summed E-state index contributed by atoms with van der Waals surface area (Å²) in [5.74, 6) is -0.812. The average molecular weight is 518 g/mol. The van der Waals surface area contributed by atoms with Crippen LogP contribution in [0.3, 0.4) is 0 Å². The van der Waals surface area contributed by atoms with Crippen LogP contribution < -0.4 is 15.4 Å². The molecule has 0 aliphatic carbocycles. The van der Waals surface area contributed by atoms with Gasteiger partial charge < -0.3 is 10.6 Å². The molecule has 0 atom stereocenters. The number of sulfonamides is 1. The maximum absolute atomic E-state index is 13.6. The second kappa shape index (κ2) is 10.4. The van der Waals surface area contributed by atoms with Crippen LogP contribution in [0, 0.1) is 0 Å². The molecule has 0 bridgehead atoms. The molecule has 0 unspecified atom stereocenters. The van der Waals surface area contributed by atoms with E-state index in [0.717, 1.165) is 4.68 Å². The first-order valence-electron chi connectivity index (χ1n) is 9.69. The third-order valence-electron chi connectivity index (χ3n) is 4.38. The predicted octanol–water partition coefficient (Wildman–Crippen LogP) is 3.29. The molecule has 2 aromatic heterocycles. The number of carbonyl (C=O) groups is 1. The summed E-state index contributed by atoms with van der Waals surface area (Å²) in [6.45, 7) is 0. The molecule has 0 radical (unpaired) electrons. The van der Waals surface area contributed by atoms with E-state index in [-0.39, 0.29) is 28.9 Å². The van der Waals surface area contributed by atoms with Crippen LogP contribution in [0.2, 0.25) is 0 Å². The molecule has 1 amide bonds. The molecule has 3 N–H and O–H groups in total. The monoisotopic (exact) mass is 517 g/mol. The number of amides is 1. The zero-order chi connectivity index (χ0) is 24.9. The molecule has 2 heterocycles. The fourth-order valence-electron chi connectivity index (χ4n) is 2.73. The number of nitrogens with one attached hydrogen (secondary N) is 3. The maximum Gasteiger partial charge on any atom is 0.421 e. The molecule has 10 nitrogen and oxygen atoms in total. The fourth-order valence-corrected chi connectivity index (χ4v) is 3.59. The van der Waals surface area contributed by atoms with Gasteiger partial charge in [0.2, 0.25) is 21.9 Å². The molecule has 34 heavy (non-hydrogen) atoms. The minimum Gasteiger partial charge on any atom is -0.324 e. The number of benzene rings is 1. The molecule has 0 aliphatic heterocycles. The van der Waals surface area contributed by atoms with Crippen molar-refractivity contribution in [3.63, 3.8) is 0 Å². The number of carbonyl (C=O) groups excluding carboxylic acids is 1. The smallest absolute Gasteiger partial charge is 0.324 e. The van der Waals surface area contributed by atoms with Gasteiger partial charge in [0.25, 0.3) is 0 Å². The molecule has 0 fully saturated rings. The van der Waals surface area contributed by atoms with Gasteiger partial charge in [0.1, 0.15) is 5.56 Å². The Morgan fingerprint density at radius 3 is 2.47 bits per heavy atom. The number of anilines is 3. The lowest BCUT2D eigenvalue weighted by Crippen LogP contribution is -2.18. The number of aromatic nitrogens is 4. The Hall–Kier alpha value is -3.23. The van der Waals surface area contributed by atoms with Gasteiger partial charge in [0.15, 0.2) is 5.82 Å². The number of hydrogen-bond acceptors (Lipinski definition) is 7. The highest BCUT2D eigenvalue weighted by Gasteiger charge is 2.36. The van der Waals surface area contributed by atoms with Crippen molar-refractivity contribution in [3.05, 3.63) is 48.4 Å². The second-order valence-corrected chi connectivity index (χ2v) is 9.06. The van der Waals surface area contributed by atoms with Crippen molar-refractivity contribution in [3.8, 4) is 5.82 Å². The summed E-state index contributed by atoms with van der Waals surface area (Å²) in [4.78, 5) is 19.5. The molecule has 0 saturated carbocycles. The van der Waals surface area contributed by atoms with Crippen molar-refractivity contribution < 1.29 is 26.4 Å². The number of alkyl halides is 4. The van der Waals surface area contributed by atoms with Gasteiger partial charge in [-0.15, -0.1) is 11.6 Å². The number of nitrogens with zero attached hydrogens (tertiary/aromatic N) is 4. The molecule has 182 valence electrons.